The molecule has 0 bridgehead atoms. The Morgan fingerprint density at radius 2 is 1.96 bits per heavy atom. The van der Waals surface area contributed by atoms with E-state index in [1.54, 1.807) is 24.3 Å². The number of aromatic nitrogens is 3. The van der Waals surface area contributed by atoms with Gasteiger partial charge in [0.1, 0.15) is 0 Å². The summed E-state index contributed by atoms with van der Waals surface area (Å²) in [5, 5.41) is 3.38. The van der Waals surface area contributed by atoms with E-state index in [2.05, 4.69) is 25.2 Å². The van der Waals surface area contributed by atoms with Crippen LogP contribution in [0.2, 0.25) is 5.02 Å². The Hall–Kier alpha value is -2.41. The molecule has 2 aromatic rings. The minimum absolute atomic E-state index is 0.209. The maximum atomic E-state index is 12.3. The second-order valence-corrected chi connectivity index (χ2v) is 6.92. The largest absolute Gasteiger partial charge is 0.347 e. The van der Waals surface area contributed by atoms with Gasteiger partial charge in [0.25, 0.3) is 5.91 Å². The molecule has 1 N–H and O–H groups in total. The molecule has 7 nitrogen and oxygen atoms in total. The van der Waals surface area contributed by atoms with Crippen LogP contribution in [0.5, 0.6) is 0 Å². The highest BCUT2D eigenvalue weighted by Gasteiger charge is 2.17. The predicted molar refractivity (Wildman–Crippen MR) is 103 cm³/mol. The van der Waals surface area contributed by atoms with Gasteiger partial charge in [0.05, 0.1) is 6.54 Å². The Morgan fingerprint density at radius 1 is 1.19 bits per heavy atom. The van der Waals surface area contributed by atoms with Gasteiger partial charge in [-0.05, 0) is 37.5 Å². The van der Waals surface area contributed by atoms with E-state index >= 15 is 0 Å². The van der Waals surface area contributed by atoms with Crippen LogP contribution in [0.1, 0.15) is 35.4 Å². The zero-order chi connectivity index (χ0) is 18.5. The zero-order valence-corrected chi connectivity index (χ0v) is 15.8. The molecule has 138 valence electrons. The number of piperidine rings is 1. The topological polar surface area (TPSA) is 74.2 Å². The number of carbonyl (C=O) groups excluding carboxylic acids is 1. The normalized spacial score (nSPS) is 14.2. The maximum absolute atomic E-state index is 12.3. The van der Waals surface area contributed by atoms with Crippen molar-refractivity contribution < 1.29 is 4.79 Å². The smallest absolute Gasteiger partial charge is 0.251 e. The van der Waals surface area contributed by atoms with Crippen molar-refractivity contribution in [1.29, 1.82) is 0 Å². The molecule has 8 heteroatoms. The summed E-state index contributed by atoms with van der Waals surface area (Å²) < 4.78 is 0. The quantitative estimate of drug-likeness (QED) is 0.866. The Morgan fingerprint density at radius 3 is 2.65 bits per heavy atom. The second kappa shape index (κ2) is 8.31. The number of nitrogens with one attached hydrogen (secondary N) is 1. The highest BCUT2D eigenvalue weighted by Crippen LogP contribution is 2.18. The van der Waals surface area contributed by atoms with Gasteiger partial charge in [-0.2, -0.15) is 15.0 Å². The van der Waals surface area contributed by atoms with E-state index in [-0.39, 0.29) is 12.5 Å². The molecule has 0 radical (unpaired) electrons. The third kappa shape index (κ3) is 4.60. The van der Waals surface area contributed by atoms with E-state index in [4.69, 9.17) is 11.6 Å². The molecular formula is C18H23ClN6O. The third-order valence-corrected chi connectivity index (χ3v) is 4.43. The lowest BCUT2D eigenvalue weighted by Gasteiger charge is -2.27. The summed E-state index contributed by atoms with van der Waals surface area (Å²) in [4.78, 5) is 29.9. The molecule has 0 spiro atoms. The Kier molecular flexibility index (Phi) is 5.88. The van der Waals surface area contributed by atoms with Crippen LogP contribution in [0.4, 0.5) is 11.9 Å². The minimum atomic E-state index is -0.209. The van der Waals surface area contributed by atoms with Gasteiger partial charge in [-0.25, -0.2) is 0 Å². The first-order valence-corrected chi connectivity index (χ1v) is 9.12. The van der Waals surface area contributed by atoms with Crippen LogP contribution in [-0.4, -0.2) is 48.0 Å². The van der Waals surface area contributed by atoms with Gasteiger partial charge in [-0.3, -0.25) is 4.79 Å². The summed E-state index contributed by atoms with van der Waals surface area (Å²) in [5.41, 5.74) is 0.510. The number of rotatable bonds is 5. The number of hydrogen-bond donors (Lipinski definition) is 1. The van der Waals surface area contributed by atoms with Crippen molar-refractivity contribution >= 4 is 29.4 Å². The summed E-state index contributed by atoms with van der Waals surface area (Å²) in [6, 6.07) is 6.84. The fourth-order valence-corrected chi connectivity index (χ4v) is 2.99. The van der Waals surface area contributed by atoms with E-state index in [0.29, 0.717) is 28.3 Å². The molecule has 1 amide bonds. The molecule has 1 fully saturated rings. The number of amides is 1. The third-order valence-electron chi connectivity index (χ3n) is 4.19. The van der Waals surface area contributed by atoms with E-state index in [0.717, 1.165) is 25.9 Å². The fourth-order valence-electron chi connectivity index (χ4n) is 2.80. The highest BCUT2D eigenvalue weighted by atomic mass is 35.5. The molecule has 2 heterocycles. The maximum Gasteiger partial charge on any atom is 0.251 e. The number of benzene rings is 1. The van der Waals surface area contributed by atoms with Crippen LogP contribution >= 0.6 is 11.6 Å². The van der Waals surface area contributed by atoms with Crippen molar-refractivity contribution in [3.8, 4) is 0 Å². The summed E-state index contributed by atoms with van der Waals surface area (Å²) in [6.45, 7) is 2.13. The van der Waals surface area contributed by atoms with E-state index in [1.807, 2.05) is 19.0 Å². The van der Waals surface area contributed by atoms with Crippen molar-refractivity contribution in [2.24, 2.45) is 0 Å². The number of anilines is 2. The average Bonchev–Trinajstić information content (AvgIpc) is 2.66. The summed E-state index contributed by atoms with van der Waals surface area (Å²) in [6.07, 6.45) is 3.53. The molecule has 3 rings (SSSR count). The zero-order valence-electron chi connectivity index (χ0n) is 15.1. The van der Waals surface area contributed by atoms with Crippen molar-refractivity contribution in [1.82, 2.24) is 20.3 Å². The molecule has 26 heavy (non-hydrogen) atoms. The standard InChI is InChI=1S/C18H23ClN6O/c1-24(2)17-21-15(22-18(23-17)25-9-4-3-5-10-25)12-20-16(26)13-7-6-8-14(19)11-13/h6-8,11H,3-5,9-10,12H2,1-2H3,(H,20,26). The van der Waals surface area contributed by atoms with Gasteiger partial charge in [0.15, 0.2) is 5.82 Å². The molecular weight excluding hydrogens is 352 g/mol. The molecule has 0 unspecified atom stereocenters. The van der Waals surface area contributed by atoms with Crippen LogP contribution in [0.25, 0.3) is 0 Å². The van der Waals surface area contributed by atoms with Crippen LogP contribution in [-0.2, 0) is 6.54 Å². The second-order valence-electron chi connectivity index (χ2n) is 6.49. The molecule has 0 saturated carbocycles. The van der Waals surface area contributed by atoms with Crippen molar-refractivity contribution in [3.05, 3.63) is 40.7 Å². The Bertz CT molecular complexity index is 776. The van der Waals surface area contributed by atoms with E-state index in [9.17, 15) is 4.79 Å². The molecule has 1 aliphatic heterocycles. The monoisotopic (exact) mass is 374 g/mol. The molecule has 1 aliphatic rings. The van der Waals surface area contributed by atoms with Gasteiger partial charge in [0.2, 0.25) is 11.9 Å². The van der Waals surface area contributed by atoms with Crippen LogP contribution < -0.4 is 15.1 Å². The Balaban J connectivity index is 1.75. The number of carbonyl (C=O) groups is 1. The predicted octanol–water partition coefficient (Wildman–Crippen LogP) is 2.51. The van der Waals surface area contributed by atoms with Gasteiger partial charge < -0.3 is 15.1 Å². The van der Waals surface area contributed by atoms with Gasteiger partial charge in [-0.1, -0.05) is 17.7 Å². The summed E-state index contributed by atoms with van der Waals surface area (Å²) >= 11 is 5.94. The van der Waals surface area contributed by atoms with Gasteiger partial charge >= 0.3 is 0 Å². The number of nitrogens with zero attached hydrogens (tertiary/aromatic N) is 5. The average molecular weight is 375 g/mol. The lowest BCUT2D eigenvalue weighted by atomic mass is 10.1. The number of hydrogen-bond acceptors (Lipinski definition) is 6. The summed E-state index contributed by atoms with van der Waals surface area (Å²) in [7, 11) is 3.79. The van der Waals surface area contributed by atoms with Gasteiger partial charge in [-0.15, -0.1) is 0 Å². The fraction of sp³-hybridized carbons (Fsp3) is 0.444. The van der Waals surface area contributed by atoms with E-state index < -0.39 is 0 Å². The lowest BCUT2D eigenvalue weighted by molar-refractivity contribution is 0.0950. The van der Waals surface area contributed by atoms with Crippen LogP contribution in [0.3, 0.4) is 0 Å². The molecule has 1 aromatic carbocycles. The molecule has 1 saturated heterocycles. The first-order valence-electron chi connectivity index (χ1n) is 8.74. The van der Waals surface area contributed by atoms with Crippen molar-refractivity contribution in [2.45, 2.75) is 25.8 Å². The van der Waals surface area contributed by atoms with Crippen molar-refractivity contribution in [2.75, 3.05) is 37.0 Å². The van der Waals surface area contributed by atoms with Crippen molar-refractivity contribution in [3.63, 3.8) is 0 Å². The summed E-state index contributed by atoms with van der Waals surface area (Å²) in [5.74, 6) is 1.60. The van der Waals surface area contributed by atoms with Crippen LogP contribution in [0.15, 0.2) is 24.3 Å². The van der Waals surface area contributed by atoms with Gasteiger partial charge in [0, 0.05) is 37.8 Å². The SMILES string of the molecule is CN(C)c1nc(CNC(=O)c2cccc(Cl)c2)nc(N2CCCCC2)n1. The van der Waals surface area contributed by atoms with E-state index in [1.165, 1.54) is 6.42 Å². The van der Waals surface area contributed by atoms with Crippen LogP contribution in [0, 0.1) is 0 Å². The molecule has 0 atom stereocenters. The first-order chi connectivity index (χ1) is 12.5. The molecule has 1 aromatic heterocycles. The first kappa shape index (κ1) is 18.4. The lowest BCUT2D eigenvalue weighted by Crippen LogP contribution is -2.32. The molecule has 0 aliphatic carbocycles. The number of halogens is 1. The minimum Gasteiger partial charge on any atom is -0.347 e. The highest BCUT2D eigenvalue weighted by molar-refractivity contribution is 6.30. The Labute approximate surface area is 158 Å².